The highest BCUT2D eigenvalue weighted by atomic mass is 35.5. The average Bonchev–Trinajstić information content (AvgIpc) is 2.73. The van der Waals surface area contributed by atoms with E-state index in [0.717, 1.165) is 12.2 Å². The summed E-state index contributed by atoms with van der Waals surface area (Å²) in [5, 5.41) is 7.83. The molecule has 152 valence electrons. The molecule has 0 aliphatic carbocycles. The Bertz CT molecular complexity index is 1270. The molecule has 2 N–H and O–H groups in total. The van der Waals surface area contributed by atoms with E-state index in [2.05, 4.69) is 20.6 Å². The number of rotatable bonds is 5. The lowest BCUT2D eigenvalue weighted by Crippen LogP contribution is -2.20. The Morgan fingerprint density at radius 2 is 1.77 bits per heavy atom. The van der Waals surface area contributed by atoms with Crippen molar-refractivity contribution in [3.05, 3.63) is 80.7 Å². The number of hydrogen-bond acceptors (Lipinski definition) is 5. The second kappa shape index (κ2) is 8.44. The molecule has 0 bridgehead atoms. The second-order valence-electron chi connectivity index (χ2n) is 6.84. The number of benzene rings is 2. The van der Waals surface area contributed by atoms with Crippen molar-refractivity contribution in [1.29, 1.82) is 0 Å². The van der Waals surface area contributed by atoms with E-state index in [-0.39, 0.29) is 5.56 Å². The SMILES string of the molecule is CNCc1ccc(Nc2ncc3cc(-c4c(Cl)cccc4Cl)c(=O)n(C)c3n2)cc1. The second-order valence-corrected chi connectivity index (χ2v) is 7.66. The molecule has 4 rings (SSSR count). The van der Waals surface area contributed by atoms with Crippen LogP contribution in [0.2, 0.25) is 10.0 Å². The summed E-state index contributed by atoms with van der Waals surface area (Å²) in [5.74, 6) is 0.405. The van der Waals surface area contributed by atoms with E-state index < -0.39 is 0 Å². The van der Waals surface area contributed by atoms with Crippen molar-refractivity contribution >= 4 is 45.9 Å². The van der Waals surface area contributed by atoms with Gasteiger partial charge < -0.3 is 10.6 Å². The lowest BCUT2D eigenvalue weighted by molar-refractivity contribution is 0.818. The molecule has 0 atom stereocenters. The number of aryl methyl sites for hydroxylation is 1. The van der Waals surface area contributed by atoms with Gasteiger partial charge in [0.05, 0.1) is 15.6 Å². The zero-order valence-corrected chi connectivity index (χ0v) is 17.9. The Balaban J connectivity index is 1.74. The van der Waals surface area contributed by atoms with Crippen molar-refractivity contribution in [2.45, 2.75) is 6.54 Å². The molecule has 0 aliphatic rings. The van der Waals surface area contributed by atoms with Crippen LogP contribution in [0.4, 0.5) is 11.6 Å². The number of aromatic nitrogens is 3. The quantitative estimate of drug-likeness (QED) is 0.468. The summed E-state index contributed by atoms with van der Waals surface area (Å²) in [5.41, 5.74) is 3.22. The van der Waals surface area contributed by atoms with Crippen LogP contribution in [0.15, 0.2) is 59.5 Å². The fraction of sp³-hybridized carbons (Fsp3) is 0.136. The number of pyridine rings is 1. The highest BCUT2D eigenvalue weighted by Crippen LogP contribution is 2.33. The summed E-state index contributed by atoms with van der Waals surface area (Å²) in [7, 11) is 3.58. The van der Waals surface area contributed by atoms with E-state index in [4.69, 9.17) is 23.2 Å². The van der Waals surface area contributed by atoms with E-state index in [0.29, 0.717) is 38.2 Å². The van der Waals surface area contributed by atoms with Gasteiger partial charge in [-0.05, 0) is 42.9 Å². The fourth-order valence-electron chi connectivity index (χ4n) is 3.28. The first-order valence-corrected chi connectivity index (χ1v) is 10.0. The monoisotopic (exact) mass is 439 g/mol. The van der Waals surface area contributed by atoms with Gasteiger partial charge in [0.2, 0.25) is 5.95 Å². The molecule has 0 saturated heterocycles. The minimum atomic E-state index is -0.237. The van der Waals surface area contributed by atoms with Crippen LogP contribution in [0, 0.1) is 0 Å². The number of nitrogens with one attached hydrogen (secondary N) is 2. The molecule has 6 nitrogen and oxygen atoms in total. The number of halogens is 2. The summed E-state index contributed by atoms with van der Waals surface area (Å²) in [6.45, 7) is 0.798. The first-order valence-electron chi connectivity index (χ1n) is 9.29. The third kappa shape index (κ3) is 3.89. The number of anilines is 2. The molecular formula is C22H19Cl2N5O. The molecule has 0 aliphatic heterocycles. The first-order chi connectivity index (χ1) is 14.5. The standard InChI is InChI=1S/C22H19Cl2N5O/c1-25-11-13-6-8-15(9-7-13)27-22-26-12-14-10-16(21(30)29(2)20(14)28-22)19-17(23)4-3-5-18(19)24/h3-10,12,25H,11H2,1-2H3,(H,26,27,28). The predicted octanol–water partition coefficient (Wildman–Crippen LogP) is 4.77. The van der Waals surface area contributed by atoms with E-state index >= 15 is 0 Å². The first kappa shape index (κ1) is 20.3. The molecule has 2 aromatic heterocycles. The topological polar surface area (TPSA) is 71.8 Å². The van der Waals surface area contributed by atoms with Crippen LogP contribution >= 0.6 is 23.2 Å². The van der Waals surface area contributed by atoms with E-state index in [1.807, 2.05) is 31.3 Å². The van der Waals surface area contributed by atoms with Crippen LogP contribution in [0.5, 0.6) is 0 Å². The molecule has 0 unspecified atom stereocenters. The van der Waals surface area contributed by atoms with Crippen LogP contribution in [0.25, 0.3) is 22.2 Å². The number of nitrogens with zero attached hydrogens (tertiary/aromatic N) is 3. The molecule has 2 aromatic carbocycles. The van der Waals surface area contributed by atoms with Gasteiger partial charge in [0.25, 0.3) is 5.56 Å². The van der Waals surface area contributed by atoms with Gasteiger partial charge in [-0.2, -0.15) is 4.98 Å². The number of fused-ring (bicyclic) bond motifs is 1. The maximum absolute atomic E-state index is 13.0. The van der Waals surface area contributed by atoms with Gasteiger partial charge in [-0.1, -0.05) is 41.4 Å². The zero-order valence-electron chi connectivity index (χ0n) is 16.4. The molecule has 2 heterocycles. The molecule has 0 spiro atoms. The number of hydrogen-bond donors (Lipinski definition) is 2. The molecule has 0 saturated carbocycles. The van der Waals surface area contributed by atoms with Crippen LogP contribution in [-0.4, -0.2) is 21.6 Å². The maximum Gasteiger partial charge on any atom is 0.259 e. The molecule has 0 radical (unpaired) electrons. The van der Waals surface area contributed by atoms with E-state index in [9.17, 15) is 4.79 Å². The minimum Gasteiger partial charge on any atom is -0.324 e. The van der Waals surface area contributed by atoms with Gasteiger partial charge in [0.1, 0.15) is 5.65 Å². The Hall–Kier alpha value is -2.93. The summed E-state index contributed by atoms with van der Waals surface area (Å²) in [6.07, 6.45) is 1.67. The minimum absolute atomic E-state index is 0.237. The molecule has 4 aromatic rings. The predicted molar refractivity (Wildman–Crippen MR) is 123 cm³/mol. The van der Waals surface area contributed by atoms with Crippen molar-refractivity contribution in [3.8, 4) is 11.1 Å². The smallest absolute Gasteiger partial charge is 0.259 e. The lowest BCUT2D eigenvalue weighted by Gasteiger charge is -2.12. The lowest BCUT2D eigenvalue weighted by atomic mass is 10.1. The van der Waals surface area contributed by atoms with Crippen molar-refractivity contribution in [2.75, 3.05) is 12.4 Å². The third-order valence-electron chi connectivity index (χ3n) is 4.77. The van der Waals surface area contributed by atoms with Gasteiger partial charge in [0, 0.05) is 36.4 Å². The highest BCUT2D eigenvalue weighted by molar-refractivity contribution is 6.39. The van der Waals surface area contributed by atoms with E-state index in [1.165, 1.54) is 10.1 Å². The zero-order chi connectivity index (χ0) is 21.3. The van der Waals surface area contributed by atoms with Crippen LogP contribution in [0.3, 0.4) is 0 Å². The van der Waals surface area contributed by atoms with E-state index in [1.54, 1.807) is 37.5 Å². The van der Waals surface area contributed by atoms with Crippen molar-refractivity contribution in [3.63, 3.8) is 0 Å². The Kier molecular flexibility index (Phi) is 5.72. The van der Waals surface area contributed by atoms with Crippen molar-refractivity contribution in [1.82, 2.24) is 19.9 Å². The molecule has 30 heavy (non-hydrogen) atoms. The fourth-order valence-corrected chi connectivity index (χ4v) is 3.88. The van der Waals surface area contributed by atoms with Crippen molar-refractivity contribution in [2.24, 2.45) is 7.05 Å². The largest absolute Gasteiger partial charge is 0.324 e. The van der Waals surface area contributed by atoms with Crippen molar-refractivity contribution < 1.29 is 0 Å². The Morgan fingerprint density at radius 1 is 1.07 bits per heavy atom. The summed E-state index contributed by atoms with van der Waals surface area (Å²) >= 11 is 12.6. The third-order valence-corrected chi connectivity index (χ3v) is 5.40. The summed E-state index contributed by atoms with van der Waals surface area (Å²) in [4.78, 5) is 21.9. The summed E-state index contributed by atoms with van der Waals surface area (Å²) in [6, 6.07) is 14.8. The van der Waals surface area contributed by atoms with Crippen LogP contribution < -0.4 is 16.2 Å². The van der Waals surface area contributed by atoms with Gasteiger partial charge in [0.15, 0.2) is 0 Å². The van der Waals surface area contributed by atoms with Gasteiger partial charge in [-0.3, -0.25) is 9.36 Å². The Labute approximate surface area is 183 Å². The van der Waals surface area contributed by atoms with Gasteiger partial charge in [-0.25, -0.2) is 4.98 Å². The Morgan fingerprint density at radius 3 is 2.43 bits per heavy atom. The normalized spacial score (nSPS) is 11.1. The molecule has 0 amide bonds. The van der Waals surface area contributed by atoms with Crippen LogP contribution in [0.1, 0.15) is 5.56 Å². The average molecular weight is 440 g/mol. The van der Waals surface area contributed by atoms with Gasteiger partial charge >= 0.3 is 0 Å². The van der Waals surface area contributed by atoms with Crippen LogP contribution in [-0.2, 0) is 13.6 Å². The highest BCUT2D eigenvalue weighted by Gasteiger charge is 2.16. The summed E-state index contributed by atoms with van der Waals surface area (Å²) < 4.78 is 1.48. The molecule has 0 fully saturated rings. The maximum atomic E-state index is 13.0. The van der Waals surface area contributed by atoms with Gasteiger partial charge in [-0.15, -0.1) is 0 Å². The molecular weight excluding hydrogens is 421 g/mol. The molecule has 8 heteroatoms.